The molecule has 4 rings (SSSR count). The third kappa shape index (κ3) is 4.19. The number of ether oxygens (including phenoxy) is 2. The predicted molar refractivity (Wildman–Crippen MR) is 113 cm³/mol. The van der Waals surface area contributed by atoms with Gasteiger partial charge in [0.1, 0.15) is 6.04 Å². The van der Waals surface area contributed by atoms with E-state index >= 15 is 0 Å². The summed E-state index contributed by atoms with van der Waals surface area (Å²) in [5.74, 6) is 0.746. The topological polar surface area (TPSA) is 88.2 Å². The van der Waals surface area contributed by atoms with E-state index in [1.54, 1.807) is 19.1 Å². The summed E-state index contributed by atoms with van der Waals surface area (Å²) in [5.41, 5.74) is 2.96. The van der Waals surface area contributed by atoms with Gasteiger partial charge < -0.3 is 19.7 Å². The van der Waals surface area contributed by atoms with Gasteiger partial charge in [0, 0.05) is 13.1 Å². The van der Waals surface area contributed by atoms with E-state index in [-0.39, 0.29) is 24.8 Å². The van der Waals surface area contributed by atoms with Crippen molar-refractivity contribution in [3.05, 3.63) is 59.2 Å². The van der Waals surface area contributed by atoms with Crippen molar-refractivity contribution in [1.82, 2.24) is 15.1 Å². The van der Waals surface area contributed by atoms with Crippen LogP contribution in [0.25, 0.3) is 0 Å². The van der Waals surface area contributed by atoms with Crippen LogP contribution in [0.5, 0.6) is 11.5 Å². The van der Waals surface area contributed by atoms with Crippen molar-refractivity contribution in [3.8, 4) is 11.5 Å². The van der Waals surface area contributed by atoms with Gasteiger partial charge in [0.2, 0.25) is 5.91 Å². The molecule has 0 aliphatic carbocycles. The van der Waals surface area contributed by atoms with Gasteiger partial charge in [-0.1, -0.05) is 30.3 Å². The second-order valence-corrected chi connectivity index (χ2v) is 7.66. The Morgan fingerprint density at radius 3 is 2.42 bits per heavy atom. The van der Waals surface area contributed by atoms with Crippen molar-refractivity contribution >= 4 is 17.8 Å². The van der Waals surface area contributed by atoms with Gasteiger partial charge in [-0.15, -0.1) is 0 Å². The summed E-state index contributed by atoms with van der Waals surface area (Å²) in [6, 6.07) is 11.8. The zero-order chi connectivity index (χ0) is 22.0. The van der Waals surface area contributed by atoms with Crippen LogP contribution in [-0.4, -0.2) is 54.5 Å². The average Bonchev–Trinajstić information content (AvgIpc) is 3.05. The van der Waals surface area contributed by atoms with E-state index in [1.165, 1.54) is 0 Å². The first-order chi connectivity index (χ1) is 15.0. The fourth-order valence-corrected chi connectivity index (χ4v) is 4.03. The molecule has 2 heterocycles. The molecular formula is C23H25N3O5. The van der Waals surface area contributed by atoms with Crippen LogP contribution in [0.15, 0.2) is 42.5 Å². The number of carbonyl (C=O) groups excluding carboxylic acids is 3. The maximum atomic E-state index is 12.9. The van der Waals surface area contributed by atoms with E-state index in [4.69, 9.17) is 9.47 Å². The Labute approximate surface area is 180 Å². The van der Waals surface area contributed by atoms with Crippen molar-refractivity contribution < 1.29 is 23.9 Å². The third-order valence-electron chi connectivity index (χ3n) is 5.74. The minimum absolute atomic E-state index is 0.0571. The molecule has 162 valence electrons. The lowest BCUT2D eigenvalue weighted by Crippen LogP contribution is -2.41. The molecule has 2 aliphatic rings. The number of imide groups is 1. The van der Waals surface area contributed by atoms with Gasteiger partial charge in [-0.2, -0.15) is 0 Å². The van der Waals surface area contributed by atoms with Gasteiger partial charge >= 0.3 is 6.03 Å². The monoisotopic (exact) mass is 423 g/mol. The summed E-state index contributed by atoms with van der Waals surface area (Å²) in [5, 5.41) is 2.65. The van der Waals surface area contributed by atoms with Crippen LogP contribution in [0.1, 0.15) is 23.1 Å². The van der Waals surface area contributed by atoms with E-state index in [9.17, 15) is 14.4 Å². The van der Waals surface area contributed by atoms with Crippen molar-refractivity contribution in [3.63, 3.8) is 0 Å². The van der Waals surface area contributed by atoms with Crippen molar-refractivity contribution in [2.75, 3.05) is 20.8 Å². The van der Waals surface area contributed by atoms with Crippen molar-refractivity contribution in [2.24, 2.45) is 0 Å². The first kappa shape index (κ1) is 20.7. The third-order valence-corrected chi connectivity index (χ3v) is 5.74. The number of benzene rings is 2. The van der Waals surface area contributed by atoms with Crippen LogP contribution in [0.3, 0.4) is 0 Å². The van der Waals surface area contributed by atoms with Crippen molar-refractivity contribution in [1.29, 1.82) is 0 Å². The molecule has 4 amide bonds. The molecule has 8 nitrogen and oxygen atoms in total. The number of rotatable bonds is 6. The number of carbonyl (C=O) groups is 3. The predicted octanol–water partition coefficient (Wildman–Crippen LogP) is 2.10. The zero-order valence-electron chi connectivity index (χ0n) is 17.6. The van der Waals surface area contributed by atoms with Gasteiger partial charge in [0.05, 0.1) is 27.2 Å². The number of hydrogen-bond donors (Lipinski definition) is 1. The minimum atomic E-state index is -0.837. The minimum Gasteiger partial charge on any atom is -0.493 e. The Morgan fingerprint density at radius 1 is 1.06 bits per heavy atom. The summed E-state index contributed by atoms with van der Waals surface area (Å²) in [6.45, 7) is 1.16. The van der Waals surface area contributed by atoms with Crippen LogP contribution in [0, 0.1) is 0 Å². The summed E-state index contributed by atoms with van der Waals surface area (Å²) in [4.78, 5) is 40.8. The fourth-order valence-electron chi connectivity index (χ4n) is 4.03. The molecule has 2 aliphatic heterocycles. The number of nitrogens with one attached hydrogen (secondary N) is 1. The Balaban J connectivity index is 1.41. The van der Waals surface area contributed by atoms with Gasteiger partial charge in [-0.25, -0.2) is 4.79 Å². The van der Waals surface area contributed by atoms with Crippen LogP contribution in [-0.2, 0) is 29.1 Å². The second-order valence-electron chi connectivity index (χ2n) is 7.66. The highest BCUT2D eigenvalue weighted by Crippen LogP contribution is 2.33. The quantitative estimate of drug-likeness (QED) is 0.719. The van der Waals surface area contributed by atoms with Crippen molar-refractivity contribution in [2.45, 2.75) is 32.0 Å². The first-order valence-corrected chi connectivity index (χ1v) is 10.2. The molecule has 1 N–H and O–H groups in total. The molecule has 0 saturated carbocycles. The number of methoxy groups -OCH3 is 2. The Bertz CT molecular complexity index is 1010. The van der Waals surface area contributed by atoms with Gasteiger partial charge in [0.15, 0.2) is 11.5 Å². The summed E-state index contributed by atoms with van der Waals surface area (Å²) in [7, 11) is 3.17. The largest absolute Gasteiger partial charge is 0.493 e. The number of amides is 4. The maximum absolute atomic E-state index is 12.9. The highest BCUT2D eigenvalue weighted by atomic mass is 16.5. The molecule has 1 saturated heterocycles. The number of hydrogen-bond acceptors (Lipinski definition) is 5. The van der Waals surface area contributed by atoms with E-state index in [0.29, 0.717) is 31.0 Å². The molecule has 2 aromatic rings. The van der Waals surface area contributed by atoms with Gasteiger partial charge in [-0.05, 0) is 35.2 Å². The average molecular weight is 423 g/mol. The van der Waals surface area contributed by atoms with E-state index in [2.05, 4.69) is 5.32 Å². The second kappa shape index (κ2) is 8.67. The highest BCUT2D eigenvalue weighted by Gasteiger charge is 2.40. The standard InChI is InChI=1S/C23H25N3O5/c1-30-19-10-16-8-9-25(14-17(16)11-20(19)31-2)21(27)12-18-22(28)26(23(29)24-18)13-15-6-4-3-5-7-15/h3-7,10-11,18H,8-9,12-14H2,1-2H3,(H,24,29)/t18-/m1/s1. The van der Waals surface area contributed by atoms with Gasteiger partial charge in [0.25, 0.3) is 5.91 Å². The van der Waals surface area contributed by atoms with Gasteiger partial charge in [-0.3, -0.25) is 14.5 Å². The lowest BCUT2D eigenvalue weighted by Gasteiger charge is -2.30. The first-order valence-electron chi connectivity index (χ1n) is 10.2. The smallest absolute Gasteiger partial charge is 0.325 e. The highest BCUT2D eigenvalue weighted by molar-refractivity contribution is 6.05. The molecule has 0 unspecified atom stereocenters. The zero-order valence-corrected chi connectivity index (χ0v) is 17.6. The van der Waals surface area contributed by atoms with Crippen LogP contribution in [0.4, 0.5) is 4.79 Å². The van der Waals surface area contributed by atoms with E-state index in [1.807, 2.05) is 42.5 Å². The number of fused-ring (bicyclic) bond motifs is 1. The fraction of sp³-hybridized carbons (Fsp3) is 0.348. The number of urea groups is 1. The van der Waals surface area contributed by atoms with E-state index in [0.717, 1.165) is 21.6 Å². The Hall–Kier alpha value is -3.55. The maximum Gasteiger partial charge on any atom is 0.325 e. The van der Waals surface area contributed by atoms with Crippen LogP contribution >= 0.6 is 0 Å². The molecule has 0 aromatic heterocycles. The normalized spacial score (nSPS) is 17.9. The Morgan fingerprint density at radius 2 is 1.74 bits per heavy atom. The molecule has 1 atom stereocenters. The number of nitrogens with zero attached hydrogens (tertiary/aromatic N) is 2. The van der Waals surface area contributed by atoms with Crippen LogP contribution < -0.4 is 14.8 Å². The summed E-state index contributed by atoms with van der Waals surface area (Å²) < 4.78 is 10.7. The van der Waals surface area contributed by atoms with Crippen LogP contribution in [0.2, 0.25) is 0 Å². The van der Waals surface area contributed by atoms with E-state index < -0.39 is 12.1 Å². The molecule has 8 heteroatoms. The lowest BCUT2D eigenvalue weighted by atomic mass is 9.98. The Kier molecular flexibility index (Phi) is 5.79. The molecular weight excluding hydrogens is 398 g/mol. The summed E-state index contributed by atoms with van der Waals surface area (Å²) >= 11 is 0. The SMILES string of the molecule is COc1cc2c(cc1OC)CN(C(=O)C[C@H]1NC(=O)N(Cc3ccccc3)C1=O)CC2. The molecule has 0 bridgehead atoms. The summed E-state index contributed by atoms with van der Waals surface area (Å²) in [6.07, 6.45) is 0.630. The molecule has 0 radical (unpaired) electrons. The molecule has 31 heavy (non-hydrogen) atoms. The lowest BCUT2D eigenvalue weighted by molar-refractivity contribution is -0.136. The molecule has 1 fully saturated rings. The molecule has 0 spiro atoms. The molecule has 2 aromatic carbocycles.